The van der Waals surface area contributed by atoms with E-state index in [1.165, 1.54) is 12.1 Å². The molecule has 0 saturated carbocycles. The smallest absolute Gasteiger partial charge is 0.182 e. The van der Waals surface area contributed by atoms with Crippen LogP contribution in [0.5, 0.6) is 0 Å². The molecule has 0 radical (unpaired) electrons. The van der Waals surface area contributed by atoms with Crippen LogP contribution < -0.4 is 11.2 Å². The van der Waals surface area contributed by atoms with Crippen molar-refractivity contribution in [2.45, 2.75) is 0 Å². The van der Waals surface area contributed by atoms with Gasteiger partial charge in [-0.25, -0.2) is 0 Å². The van der Waals surface area contributed by atoms with Crippen LogP contribution >= 0.6 is 0 Å². The number of hydrogen-bond donors (Lipinski definition) is 2. The van der Waals surface area contributed by atoms with E-state index in [1.807, 2.05) is 0 Å². The molecule has 2 heterocycles. The maximum atomic E-state index is 10.9. The number of hydrogen-bond acceptors (Lipinski definition) is 2. The number of nitrogens with two attached hydrogens (primary N) is 1. The molecule has 2 rings (SSSR count). The molecular formula is C7H7N3O. The highest BCUT2D eigenvalue weighted by Crippen LogP contribution is 2.08. The van der Waals surface area contributed by atoms with E-state index in [9.17, 15) is 4.79 Å². The first-order valence-corrected chi connectivity index (χ1v) is 3.22. The molecule has 0 spiro atoms. The Balaban J connectivity index is 2.98. The largest absolute Gasteiger partial charge is 0.396 e. The van der Waals surface area contributed by atoms with Crippen molar-refractivity contribution in [1.82, 2.24) is 9.61 Å². The first kappa shape index (κ1) is 6.03. The van der Waals surface area contributed by atoms with E-state index in [0.29, 0.717) is 5.69 Å². The van der Waals surface area contributed by atoms with Crippen molar-refractivity contribution in [2.24, 2.45) is 0 Å². The lowest BCUT2D eigenvalue weighted by atomic mass is 10.4. The van der Waals surface area contributed by atoms with Gasteiger partial charge in [0.15, 0.2) is 5.43 Å². The lowest BCUT2D eigenvalue weighted by Crippen LogP contribution is -1.99. The summed E-state index contributed by atoms with van der Waals surface area (Å²) in [4.78, 5) is 10.9. The molecule has 0 aliphatic heterocycles. The molecule has 0 fully saturated rings. The van der Waals surface area contributed by atoms with Gasteiger partial charge in [0.05, 0.1) is 11.2 Å². The Bertz CT molecular complexity index is 440. The Kier molecular flexibility index (Phi) is 1.03. The summed E-state index contributed by atoms with van der Waals surface area (Å²) < 4.78 is 1.69. The van der Waals surface area contributed by atoms with E-state index < -0.39 is 0 Å². The Hall–Kier alpha value is -1.71. The molecule has 0 atom stereocenters. The molecule has 0 bridgehead atoms. The zero-order valence-corrected chi connectivity index (χ0v) is 5.74. The third-order valence-electron chi connectivity index (χ3n) is 1.58. The highest BCUT2D eigenvalue weighted by molar-refractivity contribution is 5.67. The standard InChI is InChI=1S/C7H7N3O/c8-6-4-9-10-2-1-5(11)3-7(6)10/h1-4,9H,8H2. The minimum absolute atomic E-state index is 0.0312. The third kappa shape index (κ3) is 0.797. The van der Waals surface area contributed by atoms with Gasteiger partial charge < -0.3 is 5.73 Å². The number of aromatic nitrogens is 2. The van der Waals surface area contributed by atoms with Crippen molar-refractivity contribution in [3.8, 4) is 0 Å². The van der Waals surface area contributed by atoms with E-state index in [1.54, 1.807) is 16.9 Å². The van der Waals surface area contributed by atoms with Crippen LogP contribution in [0.25, 0.3) is 5.52 Å². The first-order chi connectivity index (χ1) is 5.27. The fraction of sp³-hybridized carbons (Fsp3) is 0. The van der Waals surface area contributed by atoms with Gasteiger partial charge in [0, 0.05) is 24.5 Å². The second-order valence-electron chi connectivity index (χ2n) is 2.35. The molecule has 4 nitrogen and oxygen atoms in total. The average molecular weight is 149 g/mol. The second-order valence-corrected chi connectivity index (χ2v) is 2.35. The van der Waals surface area contributed by atoms with Gasteiger partial charge in [-0.3, -0.25) is 14.4 Å². The quantitative estimate of drug-likeness (QED) is 0.562. The minimum atomic E-state index is -0.0312. The number of fused-ring (bicyclic) bond motifs is 1. The van der Waals surface area contributed by atoms with Crippen molar-refractivity contribution in [3.63, 3.8) is 0 Å². The molecule has 11 heavy (non-hydrogen) atoms. The molecule has 56 valence electrons. The Morgan fingerprint density at radius 3 is 3.18 bits per heavy atom. The van der Waals surface area contributed by atoms with Crippen LogP contribution in [0.15, 0.2) is 29.3 Å². The SMILES string of the molecule is Nc1c[nH]n2ccc(=O)cc12. The number of H-pyrrole nitrogens is 1. The van der Waals surface area contributed by atoms with Gasteiger partial charge in [-0.2, -0.15) is 0 Å². The molecule has 0 amide bonds. The Morgan fingerprint density at radius 1 is 1.55 bits per heavy atom. The van der Waals surface area contributed by atoms with Gasteiger partial charge in [0.2, 0.25) is 0 Å². The fourth-order valence-corrected chi connectivity index (χ4v) is 1.03. The third-order valence-corrected chi connectivity index (χ3v) is 1.58. The van der Waals surface area contributed by atoms with Gasteiger partial charge in [0.25, 0.3) is 0 Å². The Labute approximate surface area is 62.2 Å². The summed E-state index contributed by atoms with van der Waals surface area (Å²) in [7, 11) is 0. The van der Waals surface area contributed by atoms with Crippen molar-refractivity contribution in [1.29, 1.82) is 0 Å². The maximum absolute atomic E-state index is 10.9. The summed E-state index contributed by atoms with van der Waals surface area (Å²) in [6.45, 7) is 0. The zero-order valence-electron chi connectivity index (χ0n) is 5.74. The lowest BCUT2D eigenvalue weighted by Gasteiger charge is -1.90. The highest BCUT2D eigenvalue weighted by Gasteiger charge is 1.96. The molecular weight excluding hydrogens is 142 g/mol. The number of nitrogens with one attached hydrogen (secondary N) is 1. The summed E-state index contributed by atoms with van der Waals surface area (Å²) in [5.74, 6) is 0. The lowest BCUT2D eigenvalue weighted by molar-refractivity contribution is 0.958. The molecule has 4 heteroatoms. The predicted octanol–water partition coefficient (Wildman–Crippen LogP) is 0.210. The van der Waals surface area contributed by atoms with Crippen LogP contribution in [-0.2, 0) is 0 Å². The number of pyridine rings is 1. The maximum Gasteiger partial charge on any atom is 0.182 e. The topological polar surface area (TPSA) is 63.3 Å². The van der Waals surface area contributed by atoms with Crippen LogP contribution in [0.3, 0.4) is 0 Å². The molecule has 0 aliphatic rings. The number of rotatable bonds is 0. The molecule has 0 saturated heterocycles. The van der Waals surface area contributed by atoms with Gasteiger partial charge in [0.1, 0.15) is 0 Å². The molecule has 0 aliphatic carbocycles. The number of nitrogen functional groups attached to an aromatic ring is 1. The first-order valence-electron chi connectivity index (χ1n) is 3.22. The fourth-order valence-electron chi connectivity index (χ4n) is 1.03. The van der Waals surface area contributed by atoms with Gasteiger partial charge in [-0.05, 0) is 0 Å². The van der Waals surface area contributed by atoms with Crippen LogP contribution in [0.4, 0.5) is 5.69 Å². The Morgan fingerprint density at radius 2 is 2.36 bits per heavy atom. The molecule has 2 aromatic heterocycles. The summed E-state index contributed by atoms with van der Waals surface area (Å²) in [5.41, 5.74) is 6.83. The summed E-state index contributed by atoms with van der Waals surface area (Å²) >= 11 is 0. The van der Waals surface area contributed by atoms with Crippen LogP contribution in [0.2, 0.25) is 0 Å². The van der Waals surface area contributed by atoms with E-state index in [0.717, 1.165) is 5.52 Å². The predicted molar refractivity (Wildman–Crippen MR) is 42.4 cm³/mol. The van der Waals surface area contributed by atoms with Crippen molar-refractivity contribution >= 4 is 11.2 Å². The zero-order chi connectivity index (χ0) is 7.84. The van der Waals surface area contributed by atoms with Crippen molar-refractivity contribution in [2.75, 3.05) is 5.73 Å². The molecule has 0 aromatic carbocycles. The van der Waals surface area contributed by atoms with Crippen LogP contribution in [0, 0.1) is 0 Å². The van der Waals surface area contributed by atoms with Crippen LogP contribution in [-0.4, -0.2) is 9.61 Å². The number of anilines is 1. The summed E-state index contributed by atoms with van der Waals surface area (Å²) in [6.07, 6.45) is 3.29. The van der Waals surface area contributed by atoms with Crippen molar-refractivity contribution < 1.29 is 0 Å². The van der Waals surface area contributed by atoms with E-state index in [4.69, 9.17) is 5.73 Å². The minimum Gasteiger partial charge on any atom is -0.396 e. The number of nitrogens with zero attached hydrogens (tertiary/aromatic N) is 1. The highest BCUT2D eigenvalue weighted by atomic mass is 16.1. The van der Waals surface area contributed by atoms with Gasteiger partial charge in [-0.1, -0.05) is 0 Å². The normalized spacial score (nSPS) is 10.5. The van der Waals surface area contributed by atoms with Gasteiger partial charge >= 0.3 is 0 Å². The second kappa shape index (κ2) is 1.88. The summed E-state index contributed by atoms with van der Waals surface area (Å²) in [6, 6.07) is 2.97. The van der Waals surface area contributed by atoms with Crippen LogP contribution in [0.1, 0.15) is 0 Å². The average Bonchev–Trinajstić information content (AvgIpc) is 2.33. The number of aromatic amines is 1. The van der Waals surface area contributed by atoms with E-state index >= 15 is 0 Å². The van der Waals surface area contributed by atoms with E-state index in [2.05, 4.69) is 5.10 Å². The molecule has 0 unspecified atom stereocenters. The molecule has 2 aromatic rings. The summed E-state index contributed by atoms with van der Waals surface area (Å²) in [5, 5.41) is 2.87. The van der Waals surface area contributed by atoms with Gasteiger partial charge in [-0.15, -0.1) is 0 Å². The van der Waals surface area contributed by atoms with Crippen molar-refractivity contribution in [3.05, 3.63) is 34.7 Å². The monoisotopic (exact) mass is 149 g/mol. The van der Waals surface area contributed by atoms with E-state index in [-0.39, 0.29) is 5.43 Å². The molecule has 3 N–H and O–H groups in total.